The SMILES string of the molecule is CCOCCN1N=C(C)Cn2c1nc1c2c(=O)n(Cc2cccc3ccccc23)c(=O)n1C. The number of fused-ring (bicyclic) bond motifs is 4. The second kappa shape index (κ2) is 8.32. The summed E-state index contributed by atoms with van der Waals surface area (Å²) in [5.74, 6) is 0.547. The Morgan fingerprint density at radius 3 is 2.70 bits per heavy atom. The summed E-state index contributed by atoms with van der Waals surface area (Å²) < 4.78 is 10.1. The molecule has 9 nitrogen and oxygen atoms in total. The summed E-state index contributed by atoms with van der Waals surface area (Å²) >= 11 is 0. The number of rotatable bonds is 6. The molecule has 9 heteroatoms. The van der Waals surface area contributed by atoms with E-state index in [4.69, 9.17) is 4.74 Å². The standard InChI is InChI=1S/C24H26N6O3/c1-4-33-13-12-30-23-25-21-20(28(23)14-16(2)26-30)22(31)29(24(32)27(21)3)15-18-10-7-9-17-8-5-6-11-19(17)18/h5-11H,4,12-15H2,1-3H3. The van der Waals surface area contributed by atoms with Gasteiger partial charge in [-0.25, -0.2) is 9.80 Å². The summed E-state index contributed by atoms with van der Waals surface area (Å²) in [7, 11) is 1.65. The number of anilines is 1. The maximum atomic E-state index is 13.7. The van der Waals surface area contributed by atoms with Gasteiger partial charge in [0.2, 0.25) is 5.95 Å². The van der Waals surface area contributed by atoms with Crippen LogP contribution in [0, 0.1) is 0 Å². The maximum absolute atomic E-state index is 13.7. The quantitative estimate of drug-likeness (QED) is 0.424. The van der Waals surface area contributed by atoms with Gasteiger partial charge in [0.25, 0.3) is 5.56 Å². The molecule has 2 aromatic heterocycles. The Morgan fingerprint density at radius 2 is 1.88 bits per heavy atom. The summed E-state index contributed by atoms with van der Waals surface area (Å²) in [6.45, 7) is 6.09. The lowest BCUT2D eigenvalue weighted by molar-refractivity contribution is 0.153. The normalized spacial score (nSPS) is 13.5. The van der Waals surface area contributed by atoms with Crippen molar-refractivity contribution in [2.24, 2.45) is 12.1 Å². The number of aryl methyl sites for hydroxylation is 1. The topological polar surface area (TPSA) is 86.7 Å². The van der Waals surface area contributed by atoms with Gasteiger partial charge in [0.15, 0.2) is 11.2 Å². The molecule has 5 rings (SSSR count). The zero-order valence-corrected chi connectivity index (χ0v) is 19.0. The van der Waals surface area contributed by atoms with Crippen molar-refractivity contribution in [1.29, 1.82) is 0 Å². The van der Waals surface area contributed by atoms with Crippen molar-refractivity contribution in [3.63, 3.8) is 0 Å². The molecule has 170 valence electrons. The molecule has 0 spiro atoms. The number of hydrogen-bond acceptors (Lipinski definition) is 6. The highest BCUT2D eigenvalue weighted by atomic mass is 16.5. The van der Waals surface area contributed by atoms with Gasteiger partial charge >= 0.3 is 5.69 Å². The van der Waals surface area contributed by atoms with Crippen LogP contribution < -0.4 is 16.3 Å². The smallest absolute Gasteiger partial charge is 0.332 e. The third-order valence-corrected chi connectivity index (χ3v) is 5.98. The molecule has 0 amide bonds. The van der Waals surface area contributed by atoms with E-state index >= 15 is 0 Å². The van der Waals surface area contributed by atoms with Gasteiger partial charge < -0.3 is 4.74 Å². The van der Waals surface area contributed by atoms with Crippen LogP contribution in [0.1, 0.15) is 19.4 Å². The fourth-order valence-corrected chi connectivity index (χ4v) is 4.40. The minimum Gasteiger partial charge on any atom is -0.380 e. The van der Waals surface area contributed by atoms with Crippen LogP contribution in [0.4, 0.5) is 5.95 Å². The van der Waals surface area contributed by atoms with Gasteiger partial charge in [-0.05, 0) is 30.2 Å². The number of ether oxygens (including phenoxy) is 1. The second-order valence-electron chi connectivity index (χ2n) is 8.20. The Bertz CT molecular complexity index is 1510. The monoisotopic (exact) mass is 446 g/mol. The van der Waals surface area contributed by atoms with E-state index in [1.54, 1.807) is 12.1 Å². The van der Waals surface area contributed by atoms with E-state index in [1.807, 2.05) is 60.9 Å². The largest absolute Gasteiger partial charge is 0.380 e. The van der Waals surface area contributed by atoms with Gasteiger partial charge in [0.1, 0.15) is 0 Å². The molecule has 0 unspecified atom stereocenters. The molecular formula is C24H26N6O3. The molecular weight excluding hydrogens is 420 g/mol. The summed E-state index contributed by atoms with van der Waals surface area (Å²) in [4.78, 5) is 31.5. The van der Waals surface area contributed by atoms with Gasteiger partial charge in [-0.15, -0.1) is 0 Å². The highest BCUT2D eigenvalue weighted by molar-refractivity contribution is 5.88. The van der Waals surface area contributed by atoms with E-state index < -0.39 is 5.69 Å². The van der Waals surface area contributed by atoms with Crippen LogP contribution >= 0.6 is 0 Å². The first-order valence-electron chi connectivity index (χ1n) is 11.1. The van der Waals surface area contributed by atoms with Crippen LogP contribution in [0.25, 0.3) is 21.9 Å². The molecule has 0 radical (unpaired) electrons. The molecule has 0 saturated heterocycles. The van der Waals surface area contributed by atoms with Crippen LogP contribution in [0.15, 0.2) is 57.2 Å². The van der Waals surface area contributed by atoms with Gasteiger partial charge in [-0.1, -0.05) is 42.5 Å². The Balaban J connectivity index is 1.66. The van der Waals surface area contributed by atoms with Crippen LogP contribution in [0.5, 0.6) is 0 Å². The van der Waals surface area contributed by atoms with E-state index in [2.05, 4.69) is 10.1 Å². The van der Waals surface area contributed by atoms with E-state index in [1.165, 1.54) is 9.13 Å². The molecule has 0 bridgehead atoms. The fourth-order valence-electron chi connectivity index (χ4n) is 4.40. The summed E-state index contributed by atoms with van der Waals surface area (Å²) in [6, 6.07) is 13.9. The molecule has 4 aromatic rings. The Labute approximate surface area is 190 Å². The highest BCUT2D eigenvalue weighted by Gasteiger charge is 2.26. The van der Waals surface area contributed by atoms with Crippen molar-refractivity contribution in [3.8, 4) is 0 Å². The first-order chi connectivity index (χ1) is 16.0. The van der Waals surface area contributed by atoms with Crippen molar-refractivity contribution in [1.82, 2.24) is 18.7 Å². The molecule has 0 fully saturated rings. The number of hydrazone groups is 1. The van der Waals surface area contributed by atoms with E-state index in [0.717, 1.165) is 22.0 Å². The van der Waals surface area contributed by atoms with E-state index in [0.29, 0.717) is 43.4 Å². The molecule has 3 heterocycles. The molecule has 0 atom stereocenters. The van der Waals surface area contributed by atoms with Crippen molar-refractivity contribution in [2.75, 3.05) is 24.8 Å². The average Bonchev–Trinajstić information content (AvgIpc) is 3.20. The van der Waals surface area contributed by atoms with Crippen LogP contribution in [0.3, 0.4) is 0 Å². The summed E-state index contributed by atoms with van der Waals surface area (Å²) in [6.07, 6.45) is 0. The van der Waals surface area contributed by atoms with Crippen molar-refractivity contribution >= 4 is 33.6 Å². The highest BCUT2D eigenvalue weighted by Crippen LogP contribution is 2.24. The van der Waals surface area contributed by atoms with Crippen molar-refractivity contribution in [3.05, 3.63) is 68.9 Å². The molecule has 0 aliphatic carbocycles. The van der Waals surface area contributed by atoms with Gasteiger partial charge in [0.05, 0.1) is 32.0 Å². The van der Waals surface area contributed by atoms with E-state index in [-0.39, 0.29) is 12.1 Å². The average molecular weight is 447 g/mol. The lowest BCUT2D eigenvalue weighted by atomic mass is 10.0. The molecule has 2 aromatic carbocycles. The third kappa shape index (κ3) is 3.54. The predicted octanol–water partition coefficient (Wildman–Crippen LogP) is 2.33. The molecule has 0 N–H and O–H groups in total. The molecule has 1 aliphatic heterocycles. The predicted molar refractivity (Wildman–Crippen MR) is 129 cm³/mol. The van der Waals surface area contributed by atoms with Gasteiger partial charge in [-0.2, -0.15) is 10.1 Å². The number of nitrogens with zero attached hydrogens (tertiary/aromatic N) is 6. The van der Waals surface area contributed by atoms with E-state index in [9.17, 15) is 9.59 Å². The van der Waals surface area contributed by atoms with Gasteiger partial charge in [-0.3, -0.25) is 18.5 Å². The van der Waals surface area contributed by atoms with Crippen LogP contribution in [-0.2, 0) is 24.9 Å². The minimum absolute atomic E-state index is 0.185. The third-order valence-electron chi connectivity index (χ3n) is 5.98. The minimum atomic E-state index is -0.394. The van der Waals surface area contributed by atoms with Crippen molar-refractivity contribution < 1.29 is 4.74 Å². The number of aromatic nitrogens is 4. The van der Waals surface area contributed by atoms with Crippen LogP contribution in [-0.4, -0.2) is 44.2 Å². The van der Waals surface area contributed by atoms with Crippen molar-refractivity contribution in [2.45, 2.75) is 26.9 Å². The number of imidazole rings is 1. The molecule has 33 heavy (non-hydrogen) atoms. The molecule has 0 saturated carbocycles. The summed E-state index contributed by atoms with van der Waals surface area (Å²) in [5.41, 5.74) is 1.80. The first-order valence-corrected chi connectivity index (χ1v) is 11.1. The maximum Gasteiger partial charge on any atom is 0.332 e. The number of benzene rings is 2. The zero-order chi connectivity index (χ0) is 23.1. The number of hydrogen-bond donors (Lipinski definition) is 0. The first kappa shape index (κ1) is 21.1. The van der Waals surface area contributed by atoms with Gasteiger partial charge in [0, 0.05) is 13.7 Å². The second-order valence-corrected chi connectivity index (χ2v) is 8.20. The Morgan fingerprint density at radius 1 is 1.09 bits per heavy atom. The fraction of sp³-hybridized carbons (Fsp3) is 0.333. The lowest BCUT2D eigenvalue weighted by Gasteiger charge is -2.24. The Hall–Kier alpha value is -3.72. The zero-order valence-electron chi connectivity index (χ0n) is 19.0. The summed E-state index contributed by atoms with van der Waals surface area (Å²) in [5, 5.41) is 8.42. The van der Waals surface area contributed by atoms with Crippen LogP contribution in [0.2, 0.25) is 0 Å². The molecule has 1 aliphatic rings. The lowest BCUT2D eigenvalue weighted by Crippen LogP contribution is -2.40. The Kier molecular flexibility index (Phi) is 5.33.